The van der Waals surface area contributed by atoms with E-state index >= 15 is 0 Å². The number of ether oxygens (including phenoxy) is 2. The Hall–Kier alpha value is -1.72. The van der Waals surface area contributed by atoms with Crippen molar-refractivity contribution >= 4 is 36.8 Å². The van der Waals surface area contributed by atoms with Crippen LogP contribution < -0.4 is 11.0 Å². The van der Waals surface area contributed by atoms with Crippen LogP contribution >= 0.6 is 19.4 Å². The van der Waals surface area contributed by atoms with Crippen molar-refractivity contribution in [2.75, 3.05) is 30.9 Å². The average Bonchev–Trinajstić information content (AvgIpc) is 3.08. The lowest BCUT2D eigenvalue weighted by atomic mass is 10.5. The zero-order valence-electron chi connectivity index (χ0n) is 15.7. The maximum absolute atomic E-state index is 12.3. The van der Waals surface area contributed by atoms with E-state index in [1.807, 2.05) is 0 Å². The van der Waals surface area contributed by atoms with Gasteiger partial charge in [0.2, 0.25) is 5.91 Å². The zero-order chi connectivity index (χ0) is 20.7. The second-order valence-electron chi connectivity index (χ2n) is 5.45. The molecule has 13 heteroatoms. The van der Waals surface area contributed by atoms with Crippen LogP contribution in [0, 0.1) is 0 Å². The summed E-state index contributed by atoms with van der Waals surface area (Å²) in [6.45, 7) is 4.37. The van der Waals surface area contributed by atoms with Gasteiger partial charge in [0, 0.05) is 18.9 Å². The molecular weight excluding hydrogens is 413 g/mol. The van der Waals surface area contributed by atoms with E-state index in [9.17, 15) is 18.9 Å². The third-order valence-corrected chi connectivity index (χ3v) is 6.21. The standard InChI is InChI=1S/C15H22N3O8PS/c1-4-24-27(22,25-5-2)15(21)23-8-13-26-12(9-28-13)18-7-6-11(16-10(3)19)17-14(18)20/h6-7,12-13H,4-5,8-9H2,1-3H3,(H,16,17,19,20). The molecule has 0 aromatic carbocycles. The van der Waals surface area contributed by atoms with Gasteiger partial charge < -0.3 is 23.8 Å². The highest BCUT2D eigenvalue weighted by molar-refractivity contribution is 8.00. The number of rotatable bonds is 9. The van der Waals surface area contributed by atoms with Crippen molar-refractivity contribution in [2.45, 2.75) is 32.4 Å². The number of nitrogens with zero attached hydrogens (tertiary/aromatic N) is 2. The molecule has 0 radical (unpaired) electrons. The lowest BCUT2D eigenvalue weighted by Gasteiger charge is -2.17. The maximum atomic E-state index is 12.3. The number of nitrogens with one attached hydrogen (secondary N) is 1. The van der Waals surface area contributed by atoms with Gasteiger partial charge in [-0.3, -0.25) is 9.36 Å². The van der Waals surface area contributed by atoms with Crippen LogP contribution in [0.5, 0.6) is 0 Å². The molecule has 2 rings (SSSR count). The molecule has 28 heavy (non-hydrogen) atoms. The number of carbonyl (C=O) groups is 2. The first-order valence-electron chi connectivity index (χ1n) is 8.49. The maximum Gasteiger partial charge on any atom is 0.438 e. The van der Waals surface area contributed by atoms with Crippen LogP contribution in [0.15, 0.2) is 17.1 Å². The number of hydrogen-bond donors (Lipinski definition) is 1. The molecule has 0 bridgehead atoms. The fourth-order valence-corrected chi connectivity index (χ4v) is 4.45. The lowest BCUT2D eigenvalue weighted by molar-refractivity contribution is -0.114. The molecule has 1 aromatic rings. The largest absolute Gasteiger partial charge is 0.453 e. The molecule has 156 valence electrons. The van der Waals surface area contributed by atoms with Crippen molar-refractivity contribution in [3.05, 3.63) is 22.7 Å². The second kappa shape index (κ2) is 10.2. The molecule has 11 nitrogen and oxygen atoms in total. The number of anilines is 1. The van der Waals surface area contributed by atoms with Crippen LogP contribution in [-0.2, 0) is 27.9 Å². The molecule has 1 fully saturated rings. The van der Waals surface area contributed by atoms with Crippen molar-refractivity contribution in [3.8, 4) is 0 Å². The van der Waals surface area contributed by atoms with Crippen LogP contribution in [0.1, 0.15) is 27.0 Å². The molecule has 1 N–H and O–H groups in total. The monoisotopic (exact) mass is 435 g/mol. The van der Waals surface area contributed by atoms with E-state index in [1.165, 1.54) is 35.5 Å². The summed E-state index contributed by atoms with van der Waals surface area (Å²) >= 11 is 1.32. The van der Waals surface area contributed by atoms with Gasteiger partial charge in [-0.15, -0.1) is 11.8 Å². The minimum Gasteiger partial charge on any atom is -0.453 e. The molecule has 1 aromatic heterocycles. The van der Waals surface area contributed by atoms with Crippen molar-refractivity contribution in [1.29, 1.82) is 0 Å². The molecule has 0 aliphatic carbocycles. The van der Waals surface area contributed by atoms with E-state index in [4.69, 9.17) is 18.5 Å². The first-order valence-corrected chi connectivity index (χ1v) is 11.1. The van der Waals surface area contributed by atoms with Crippen molar-refractivity contribution in [3.63, 3.8) is 0 Å². The number of aromatic nitrogens is 2. The quantitative estimate of drug-likeness (QED) is 0.575. The van der Waals surface area contributed by atoms with Gasteiger partial charge in [0.25, 0.3) is 0 Å². The highest BCUT2D eigenvalue weighted by atomic mass is 32.2. The SMILES string of the molecule is CCOP(=O)(OCC)C(=O)OCC1OC(n2ccc(NC(C)=O)nc2=O)CS1. The van der Waals surface area contributed by atoms with Crippen LogP contribution in [0.3, 0.4) is 0 Å². The zero-order valence-corrected chi connectivity index (χ0v) is 17.4. The van der Waals surface area contributed by atoms with E-state index in [-0.39, 0.29) is 31.5 Å². The third kappa shape index (κ3) is 5.89. The number of thioether (sulfide) groups is 1. The highest BCUT2D eigenvalue weighted by Crippen LogP contribution is 2.50. The first-order chi connectivity index (χ1) is 13.3. The lowest BCUT2D eigenvalue weighted by Crippen LogP contribution is -2.29. The molecule has 1 saturated heterocycles. The summed E-state index contributed by atoms with van der Waals surface area (Å²) < 4.78 is 34.1. The Balaban J connectivity index is 1.93. The molecular formula is C15H22N3O8PS. The fourth-order valence-electron chi connectivity index (χ4n) is 2.26. The molecule has 1 aliphatic heterocycles. The smallest absolute Gasteiger partial charge is 0.438 e. The minimum absolute atomic E-state index is 0.0352. The predicted molar refractivity (Wildman–Crippen MR) is 101 cm³/mol. The Kier molecular flexibility index (Phi) is 8.20. The molecule has 1 aliphatic rings. The van der Waals surface area contributed by atoms with Gasteiger partial charge in [-0.1, -0.05) is 0 Å². The summed E-state index contributed by atoms with van der Waals surface area (Å²) in [6, 6.07) is 1.48. The topological polar surface area (TPSA) is 135 Å². The van der Waals surface area contributed by atoms with Crippen molar-refractivity contribution < 1.29 is 32.7 Å². The van der Waals surface area contributed by atoms with Gasteiger partial charge in [-0.2, -0.15) is 4.98 Å². The van der Waals surface area contributed by atoms with Gasteiger partial charge >= 0.3 is 19.0 Å². The number of amides is 1. The van der Waals surface area contributed by atoms with Crippen molar-refractivity contribution in [2.24, 2.45) is 0 Å². The molecule has 2 atom stereocenters. The van der Waals surface area contributed by atoms with Crippen LogP contribution in [0.25, 0.3) is 0 Å². The third-order valence-electron chi connectivity index (χ3n) is 3.34. The highest BCUT2D eigenvalue weighted by Gasteiger charge is 2.38. The van der Waals surface area contributed by atoms with Crippen LogP contribution in [0.2, 0.25) is 0 Å². The van der Waals surface area contributed by atoms with Crippen molar-refractivity contribution in [1.82, 2.24) is 9.55 Å². The normalized spacial score (nSPS) is 19.4. The molecule has 0 saturated carbocycles. The summed E-state index contributed by atoms with van der Waals surface area (Å²) in [5.74, 6) is 0.223. The first kappa shape index (κ1) is 22.6. The summed E-state index contributed by atoms with van der Waals surface area (Å²) in [5, 5.41) is 2.42. The fraction of sp³-hybridized carbons (Fsp3) is 0.600. The Labute approximate surface area is 165 Å². The van der Waals surface area contributed by atoms with E-state index in [0.717, 1.165) is 0 Å². The van der Waals surface area contributed by atoms with Gasteiger partial charge in [-0.05, 0) is 19.9 Å². The predicted octanol–water partition coefficient (Wildman–Crippen LogP) is 2.19. The Morgan fingerprint density at radius 2 is 2.07 bits per heavy atom. The Bertz CT molecular complexity index is 807. The van der Waals surface area contributed by atoms with E-state index in [2.05, 4.69) is 10.3 Å². The molecule has 2 heterocycles. The summed E-state index contributed by atoms with van der Waals surface area (Å²) in [5.41, 5.74) is -2.23. The van der Waals surface area contributed by atoms with Gasteiger partial charge in [0.1, 0.15) is 24.1 Å². The Morgan fingerprint density at radius 3 is 2.64 bits per heavy atom. The summed E-state index contributed by atoms with van der Waals surface area (Å²) in [6.07, 6.45) is 0.837. The van der Waals surface area contributed by atoms with Crippen LogP contribution in [0.4, 0.5) is 10.6 Å². The summed E-state index contributed by atoms with van der Waals surface area (Å²) in [7, 11) is -3.99. The Morgan fingerprint density at radius 1 is 1.39 bits per heavy atom. The second-order valence-corrected chi connectivity index (χ2v) is 8.52. The van der Waals surface area contributed by atoms with Gasteiger partial charge in [0.05, 0.1) is 13.2 Å². The van der Waals surface area contributed by atoms with E-state index in [1.54, 1.807) is 13.8 Å². The number of carbonyl (C=O) groups excluding carboxylic acids is 2. The van der Waals surface area contributed by atoms with E-state index in [0.29, 0.717) is 5.75 Å². The van der Waals surface area contributed by atoms with Crippen LogP contribution in [-0.4, -0.2) is 52.2 Å². The van der Waals surface area contributed by atoms with Gasteiger partial charge in [-0.25, -0.2) is 14.2 Å². The minimum atomic E-state index is -3.99. The summed E-state index contributed by atoms with van der Waals surface area (Å²) in [4.78, 5) is 38.9. The van der Waals surface area contributed by atoms with E-state index < -0.39 is 30.7 Å². The molecule has 2 unspecified atom stereocenters. The number of hydrogen-bond acceptors (Lipinski definition) is 10. The van der Waals surface area contributed by atoms with Gasteiger partial charge in [0.15, 0.2) is 0 Å². The molecule has 1 amide bonds. The average molecular weight is 435 g/mol. The molecule has 0 spiro atoms.